The summed E-state index contributed by atoms with van der Waals surface area (Å²) in [5.74, 6) is 0.650. The molecule has 5 heteroatoms. The quantitative estimate of drug-likeness (QED) is 0.331. The summed E-state index contributed by atoms with van der Waals surface area (Å²) >= 11 is 0. The van der Waals surface area contributed by atoms with Crippen LogP contribution in [0.3, 0.4) is 0 Å². The van der Waals surface area contributed by atoms with Crippen LogP contribution < -0.4 is 5.46 Å². The zero-order valence-electron chi connectivity index (χ0n) is 20.9. The molecule has 4 aromatic rings. The molecule has 4 nitrogen and oxygen atoms in total. The van der Waals surface area contributed by atoms with Crippen LogP contribution in [0.4, 0.5) is 0 Å². The maximum absolute atomic E-state index is 6.46. The van der Waals surface area contributed by atoms with Crippen molar-refractivity contribution in [3.8, 4) is 22.6 Å². The Bertz CT molecular complexity index is 1430. The molecule has 0 radical (unpaired) electrons. The highest BCUT2D eigenvalue weighted by Gasteiger charge is 2.52. The van der Waals surface area contributed by atoms with Crippen LogP contribution in [0.1, 0.15) is 58.2 Å². The van der Waals surface area contributed by atoms with Gasteiger partial charge >= 0.3 is 7.12 Å². The maximum atomic E-state index is 6.46. The lowest BCUT2D eigenvalue weighted by Gasteiger charge is -2.32. The second-order valence-electron chi connectivity index (χ2n) is 11.2. The van der Waals surface area contributed by atoms with E-state index in [2.05, 4.69) is 72.7 Å². The molecule has 1 saturated heterocycles. The van der Waals surface area contributed by atoms with Gasteiger partial charge in [-0.2, -0.15) is 0 Å². The van der Waals surface area contributed by atoms with Crippen LogP contribution in [0.5, 0.6) is 0 Å². The summed E-state index contributed by atoms with van der Waals surface area (Å²) in [5.41, 5.74) is 8.97. The molecule has 172 valence electrons. The summed E-state index contributed by atoms with van der Waals surface area (Å²) in [4.78, 5) is 4.86. The Hall–Kier alpha value is -2.89. The largest absolute Gasteiger partial charge is 0.494 e. The molecule has 1 aliphatic carbocycles. The number of aryl methyl sites for hydroxylation is 1. The third kappa shape index (κ3) is 2.90. The van der Waals surface area contributed by atoms with Gasteiger partial charge in [0, 0.05) is 16.5 Å². The zero-order chi connectivity index (χ0) is 24.0. The molecule has 34 heavy (non-hydrogen) atoms. The molecule has 1 aromatic heterocycles. The third-order valence-electron chi connectivity index (χ3n) is 8.04. The van der Waals surface area contributed by atoms with Crippen LogP contribution in [-0.4, -0.2) is 23.3 Å². The standard InChI is InChI=1S/C29H30BNO3/c1-17-15-22-25(32-26(31-22)18-11-9-8-10-12-18)23-20-16-19(13-14-21(20)27(2,3)24(17)23)30-33-28(4,5)29(6,7)34-30/h8-16H,1-7H3. The molecule has 0 spiro atoms. The van der Waals surface area contributed by atoms with E-state index in [1.165, 1.54) is 22.3 Å². The number of hydrogen-bond donors (Lipinski definition) is 0. The summed E-state index contributed by atoms with van der Waals surface area (Å²) in [6.07, 6.45) is 0. The average molecular weight is 451 g/mol. The Morgan fingerprint density at radius 1 is 0.824 bits per heavy atom. The number of fused-ring (bicyclic) bond motifs is 5. The molecule has 2 aliphatic rings. The van der Waals surface area contributed by atoms with E-state index in [0.29, 0.717) is 5.89 Å². The van der Waals surface area contributed by atoms with E-state index >= 15 is 0 Å². The van der Waals surface area contributed by atoms with Crippen molar-refractivity contribution in [1.82, 2.24) is 4.98 Å². The van der Waals surface area contributed by atoms with E-state index < -0.39 is 7.12 Å². The summed E-state index contributed by atoms with van der Waals surface area (Å²) < 4.78 is 19.2. The Morgan fingerprint density at radius 3 is 2.18 bits per heavy atom. The van der Waals surface area contributed by atoms with Crippen LogP contribution in [0.2, 0.25) is 0 Å². The molecule has 0 bridgehead atoms. The highest BCUT2D eigenvalue weighted by atomic mass is 16.7. The molecule has 0 N–H and O–H groups in total. The first kappa shape index (κ1) is 21.6. The average Bonchev–Trinajstić information content (AvgIpc) is 3.37. The van der Waals surface area contributed by atoms with E-state index in [0.717, 1.165) is 27.7 Å². The number of hydrogen-bond acceptors (Lipinski definition) is 4. The lowest BCUT2D eigenvalue weighted by Crippen LogP contribution is -2.41. The first-order chi connectivity index (χ1) is 16.0. The van der Waals surface area contributed by atoms with Crippen molar-refractivity contribution >= 4 is 23.7 Å². The molecular weight excluding hydrogens is 421 g/mol. The maximum Gasteiger partial charge on any atom is 0.494 e. The third-order valence-corrected chi connectivity index (χ3v) is 8.04. The number of oxazole rings is 1. The minimum atomic E-state index is -0.405. The van der Waals surface area contributed by atoms with Gasteiger partial charge in [0.2, 0.25) is 5.89 Å². The Balaban J connectivity index is 1.56. The number of rotatable bonds is 2. The summed E-state index contributed by atoms with van der Waals surface area (Å²) in [6.45, 7) is 15.1. The van der Waals surface area contributed by atoms with Crippen molar-refractivity contribution in [3.63, 3.8) is 0 Å². The summed E-state index contributed by atoms with van der Waals surface area (Å²) in [6, 6.07) is 18.9. The summed E-state index contributed by atoms with van der Waals surface area (Å²) in [7, 11) is -0.405. The lowest BCUT2D eigenvalue weighted by molar-refractivity contribution is 0.00578. The van der Waals surface area contributed by atoms with Gasteiger partial charge in [-0.05, 0) is 80.5 Å². The monoisotopic (exact) mass is 451 g/mol. The van der Waals surface area contributed by atoms with Crippen LogP contribution in [0, 0.1) is 6.92 Å². The zero-order valence-corrected chi connectivity index (χ0v) is 20.9. The Labute approximate surface area is 201 Å². The number of aromatic nitrogens is 1. The van der Waals surface area contributed by atoms with Gasteiger partial charge in [0.1, 0.15) is 5.52 Å². The van der Waals surface area contributed by atoms with E-state index in [1.54, 1.807) is 0 Å². The highest BCUT2D eigenvalue weighted by Crippen LogP contribution is 2.53. The van der Waals surface area contributed by atoms with E-state index in [1.807, 2.05) is 30.3 Å². The summed E-state index contributed by atoms with van der Waals surface area (Å²) in [5, 5.41) is 0. The first-order valence-electron chi connectivity index (χ1n) is 12.0. The lowest BCUT2D eigenvalue weighted by atomic mass is 9.76. The number of nitrogens with zero attached hydrogens (tertiary/aromatic N) is 1. The van der Waals surface area contributed by atoms with Gasteiger partial charge in [0.25, 0.3) is 0 Å². The van der Waals surface area contributed by atoms with Gasteiger partial charge in [-0.3, -0.25) is 0 Å². The molecule has 2 heterocycles. The molecule has 0 atom stereocenters. The van der Waals surface area contributed by atoms with Crippen molar-refractivity contribution in [2.75, 3.05) is 0 Å². The molecule has 0 saturated carbocycles. The molecule has 3 aromatic carbocycles. The van der Waals surface area contributed by atoms with Gasteiger partial charge in [0.05, 0.1) is 11.2 Å². The highest BCUT2D eigenvalue weighted by molar-refractivity contribution is 6.62. The predicted molar refractivity (Wildman–Crippen MR) is 137 cm³/mol. The SMILES string of the molecule is Cc1cc2nc(-c3ccccc3)oc2c2c1C(C)(C)c1ccc(B3OC(C)(C)C(C)(C)O3)cc1-2. The van der Waals surface area contributed by atoms with Gasteiger partial charge in [-0.15, -0.1) is 0 Å². The molecular formula is C29H30BNO3. The van der Waals surface area contributed by atoms with Crippen LogP contribution in [0.15, 0.2) is 59.0 Å². The Kier molecular flexibility index (Phi) is 4.35. The van der Waals surface area contributed by atoms with Gasteiger partial charge < -0.3 is 13.7 Å². The van der Waals surface area contributed by atoms with E-state index in [-0.39, 0.29) is 16.6 Å². The molecule has 0 amide bonds. The van der Waals surface area contributed by atoms with Gasteiger partial charge in [-0.1, -0.05) is 50.2 Å². The van der Waals surface area contributed by atoms with Crippen molar-refractivity contribution in [2.24, 2.45) is 0 Å². The van der Waals surface area contributed by atoms with Crippen LogP contribution in [-0.2, 0) is 14.7 Å². The number of benzene rings is 3. The molecule has 0 unspecified atom stereocenters. The minimum absolute atomic E-state index is 0.142. The second kappa shape index (κ2) is 6.83. The van der Waals surface area contributed by atoms with Crippen molar-refractivity contribution < 1.29 is 13.7 Å². The van der Waals surface area contributed by atoms with Gasteiger partial charge in [-0.25, -0.2) is 4.98 Å². The normalized spacial score (nSPS) is 19.4. The van der Waals surface area contributed by atoms with E-state index in [9.17, 15) is 0 Å². The van der Waals surface area contributed by atoms with Crippen LogP contribution in [0.25, 0.3) is 33.7 Å². The predicted octanol–water partition coefficient (Wildman–Crippen LogP) is 6.41. The smallest absolute Gasteiger partial charge is 0.435 e. The van der Waals surface area contributed by atoms with Crippen molar-refractivity contribution in [2.45, 2.75) is 65.1 Å². The topological polar surface area (TPSA) is 44.5 Å². The van der Waals surface area contributed by atoms with E-state index in [4.69, 9.17) is 18.7 Å². The fraction of sp³-hybridized carbons (Fsp3) is 0.345. The Morgan fingerprint density at radius 2 is 1.50 bits per heavy atom. The molecule has 1 aliphatic heterocycles. The molecule has 1 fully saturated rings. The minimum Gasteiger partial charge on any atom is -0.435 e. The van der Waals surface area contributed by atoms with Crippen LogP contribution >= 0.6 is 0 Å². The fourth-order valence-corrected chi connectivity index (χ4v) is 5.54. The van der Waals surface area contributed by atoms with Gasteiger partial charge in [0.15, 0.2) is 5.58 Å². The van der Waals surface area contributed by atoms with Crippen molar-refractivity contribution in [3.05, 3.63) is 71.3 Å². The molecule has 6 rings (SSSR count). The first-order valence-corrected chi connectivity index (χ1v) is 12.0. The second-order valence-corrected chi connectivity index (χ2v) is 11.2. The van der Waals surface area contributed by atoms with Crippen molar-refractivity contribution in [1.29, 1.82) is 0 Å². The fourth-order valence-electron chi connectivity index (χ4n) is 5.54.